The molecule has 1 heterocycles. The maximum absolute atomic E-state index is 12.6. The van der Waals surface area contributed by atoms with Gasteiger partial charge in [-0.2, -0.15) is 0 Å². The van der Waals surface area contributed by atoms with Gasteiger partial charge >= 0.3 is 0 Å². The van der Waals surface area contributed by atoms with Crippen molar-refractivity contribution in [3.8, 4) is 5.75 Å². The Morgan fingerprint density at radius 3 is 2.55 bits per heavy atom. The number of aromatic nitrogens is 2. The van der Waals surface area contributed by atoms with Crippen LogP contribution in [0.25, 0.3) is 11.0 Å². The summed E-state index contributed by atoms with van der Waals surface area (Å²) in [6.07, 6.45) is 2.35. The van der Waals surface area contributed by atoms with Gasteiger partial charge in [0.1, 0.15) is 5.75 Å². The molecule has 1 saturated carbocycles. The molecular weight excluding hydrogens is 362 g/mol. The molecule has 0 radical (unpaired) electrons. The molecule has 5 heteroatoms. The molecular formula is C24H25N3O2. The van der Waals surface area contributed by atoms with E-state index in [4.69, 9.17) is 14.7 Å². The number of carbonyl (C=O) groups is 1. The topological polar surface area (TPSA) is 64.1 Å². The van der Waals surface area contributed by atoms with Gasteiger partial charge in [0.2, 0.25) is 0 Å². The SMILES string of the molecule is COc1ccc(C(=O)Nc2ccc3nc4c(nc3c2)C2CCC4(C)C2(C)C)cc1. The van der Waals surface area contributed by atoms with E-state index < -0.39 is 0 Å². The summed E-state index contributed by atoms with van der Waals surface area (Å²) in [5, 5.41) is 2.97. The molecule has 5 nitrogen and oxygen atoms in total. The van der Waals surface area contributed by atoms with Crippen LogP contribution in [-0.4, -0.2) is 23.0 Å². The van der Waals surface area contributed by atoms with E-state index in [9.17, 15) is 4.79 Å². The number of amides is 1. The van der Waals surface area contributed by atoms with Gasteiger partial charge < -0.3 is 10.1 Å². The summed E-state index contributed by atoms with van der Waals surface area (Å²) in [5.74, 6) is 1.02. The van der Waals surface area contributed by atoms with Gasteiger partial charge in [-0.1, -0.05) is 20.8 Å². The third-order valence-corrected chi connectivity index (χ3v) is 7.38. The van der Waals surface area contributed by atoms with E-state index >= 15 is 0 Å². The molecule has 2 aliphatic rings. The molecule has 1 N–H and O–H groups in total. The van der Waals surface area contributed by atoms with Crippen LogP contribution in [0.4, 0.5) is 5.69 Å². The Hall–Kier alpha value is -2.95. The van der Waals surface area contributed by atoms with Crippen molar-refractivity contribution in [3.05, 3.63) is 59.4 Å². The normalized spacial score (nSPS) is 23.8. The van der Waals surface area contributed by atoms with E-state index in [0.29, 0.717) is 11.5 Å². The Kier molecular flexibility index (Phi) is 3.76. The van der Waals surface area contributed by atoms with Crippen molar-refractivity contribution in [2.45, 2.75) is 44.9 Å². The summed E-state index contributed by atoms with van der Waals surface area (Å²) in [5.41, 5.74) is 5.61. The molecule has 2 atom stereocenters. The molecule has 148 valence electrons. The van der Waals surface area contributed by atoms with Gasteiger partial charge in [0.05, 0.1) is 29.5 Å². The van der Waals surface area contributed by atoms with E-state index in [-0.39, 0.29) is 16.7 Å². The highest BCUT2D eigenvalue weighted by Crippen LogP contribution is 2.66. The summed E-state index contributed by atoms with van der Waals surface area (Å²) in [6.45, 7) is 7.03. The first-order valence-corrected chi connectivity index (χ1v) is 10.1. The number of nitrogens with one attached hydrogen (secondary N) is 1. The van der Waals surface area contributed by atoms with Crippen LogP contribution < -0.4 is 10.1 Å². The number of anilines is 1. The van der Waals surface area contributed by atoms with Crippen LogP contribution in [0.15, 0.2) is 42.5 Å². The Bertz CT molecular complexity index is 1140. The second kappa shape index (κ2) is 6.02. The van der Waals surface area contributed by atoms with Crippen LogP contribution >= 0.6 is 0 Å². The van der Waals surface area contributed by atoms with Crippen LogP contribution in [-0.2, 0) is 5.41 Å². The van der Waals surface area contributed by atoms with Crippen LogP contribution in [0.1, 0.15) is 61.3 Å². The zero-order valence-electron chi connectivity index (χ0n) is 17.2. The average molecular weight is 387 g/mol. The van der Waals surface area contributed by atoms with Gasteiger partial charge in [-0.05, 0) is 60.7 Å². The lowest BCUT2D eigenvalue weighted by Crippen LogP contribution is -2.31. The summed E-state index contributed by atoms with van der Waals surface area (Å²) in [7, 11) is 1.61. The fraction of sp³-hybridized carbons (Fsp3) is 0.375. The van der Waals surface area contributed by atoms with Crippen molar-refractivity contribution in [1.82, 2.24) is 9.97 Å². The summed E-state index contributed by atoms with van der Waals surface area (Å²) in [4.78, 5) is 22.6. The molecule has 2 aromatic carbocycles. The number of hydrogen-bond donors (Lipinski definition) is 1. The molecule has 1 fully saturated rings. The largest absolute Gasteiger partial charge is 0.497 e. The van der Waals surface area contributed by atoms with Crippen LogP contribution in [0.3, 0.4) is 0 Å². The lowest BCUT2D eigenvalue weighted by atomic mass is 9.70. The number of carbonyl (C=O) groups excluding carboxylic acids is 1. The third-order valence-electron chi connectivity index (χ3n) is 7.38. The Labute approximate surface area is 170 Å². The predicted molar refractivity (Wildman–Crippen MR) is 114 cm³/mol. The van der Waals surface area contributed by atoms with Crippen molar-refractivity contribution >= 4 is 22.6 Å². The minimum Gasteiger partial charge on any atom is -0.497 e. The van der Waals surface area contributed by atoms with E-state index in [2.05, 4.69) is 26.1 Å². The predicted octanol–water partition coefficient (Wildman–Crippen LogP) is 5.07. The highest BCUT2D eigenvalue weighted by atomic mass is 16.5. The number of rotatable bonds is 3. The van der Waals surface area contributed by atoms with Crippen molar-refractivity contribution in [2.24, 2.45) is 5.41 Å². The molecule has 0 aliphatic heterocycles. The quantitative estimate of drug-likeness (QED) is 0.682. The van der Waals surface area contributed by atoms with Gasteiger partial charge in [-0.15, -0.1) is 0 Å². The van der Waals surface area contributed by atoms with E-state index in [1.807, 2.05) is 18.2 Å². The smallest absolute Gasteiger partial charge is 0.255 e. The van der Waals surface area contributed by atoms with Gasteiger partial charge in [0.25, 0.3) is 5.91 Å². The highest BCUT2D eigenvalue weighted by Gasteiger charge is 2.61. The zero-order valence-corrected chi connectivity index (χ0v) is 17.2. The Balaban J connectivity index is 1.47. The van der Waals surface area contributed by atoms with Crippen LogP contribution in [0, 0.1) is 5.41 Å². The maximum atomic E-state index is 12.6. The second-order valence-electron chi connectivity index (χ2n) is 8.99. The summed E-state index contributed by atoms with van der Waals surface area (Å²) < 4.78 is 5.15. The minimum absolute atomic E-state index is 0.0927. The van der Waals surface area contributed by atoms with Crippen molar-refractivity contribution < 1.29 is 9.53 Å². The number of benzene rings is 2. The number of nitrogens with zero attached hydrogens (tertiary/aromatic N) is 2. The lowest BCUT2D eigenvalue weighted by Gasteiger charge is -2.34. The molecule has 5 rings (SSSR count). The number of methoxy groups -OCH3 is 1. The molecule has 1 amide bonds. The van der Waals surface area contributed by atoms with Crippen LogP contribution in [0.2, 0.25) is 0 Å². The number of fused-ring (bicyclic) bond motifs is 6. The molecule has 2 unspecified atom stereocenters. The maximum Gasteiger partial charge on any atom is 0.255 e. The summed E-state index contributed by atoms with van der Waals surface area (Å²) >= 11 is 0. The monoisotopic (exact) mass is 387 g/mol. The fourth-order valence-corrected chi connectivity index (χ4v) is 5.14. The lowest BCUT2D eigenvalue weighted by molar-refractivity contribution is 0.102. The number of ether oxygens (including phenoxy) is 1. The third kappa shape index (κ3) is 2.49. The Morgan fingerprint density at radius 1 is 1.07 bits per heavy atom. The molecule has 2 bridgehead atoms. The minimum atomic E-state index is -0.158. The van der Waals surface area contributed by atoms with Crippen LogP contribution in [0.5, 0.6) is 5.75 Å². The number of hydrogen-bond acceptors (Lipinski definition) is 4. The molecule has 29 heavy (non-hydrogen) atoms. The van der Waals surface area contributed by atoms with Gasteiger partial charge in [0, 0.05) is 22.6 Å². The van der Waals surface area contributed by atoms with E-state index in [0.717, 1.165) is 28.2 Å². The van der Waals surface area contributed by atoms with Gasteiger partial charge in [-0.3, -0.25) is 4.79 Å². The highest BCUT2D eigenvalue weighted by molar-refractivity contribution is 6.05. The van der Waals surface area contributed by atoms with E-state index in [1.54, 1.807) is 31.4 Å². The first kappa shape index (κ1) is 18.1. The Morgan fingerprint density at radius 2 is 1.83 bits per heavy atom. The van der Waals surface area contributed by atoms with Gasteiger partial charge in [-0.25, -0.2) is 9.97 Å². The standard InChI is InChI=1S/C24H25N3O2/c1-23(2)17-11-12-24(23,3)21-20(17)26-19-13-15(7-10-18(19)27-21)25-22(28)14-5-8-16(29-4)9-6-14/h5-10,13,17H,11-12H2,1-4H3,(H,25,28). The van der Waals surface area contributed by atoms with Crippen molar-refractivity contribution in [3.63, 3.8) is 0 Å². The zero-order chi connectivity index (χ0) is 20.4. The first-order chi connectivity index (χ1) is 13.8. The van der Waals surface area contributed by atoms with Crippen molar-refractivity contribution in [2.75, 3.05) is 12.4 Å². The molecule has 3 aromatic rings. The van der Waals surface area contributed by atoms with Crippen molar-refractivity contribution in [1.29, 1.82) is 0 Å². The first-order valence-electron chi connectivity index (χ1n) is 10.1. The molecule has 1 aromatic heterocycles. The molecule has 0 saturated heterocycles. The van der Waals surface area contributed by atoms with Gasteiger partial charge in [0.15, 0.2) is 0 Å². The van der Waals surface area contributed by atoms with E-state index in [1.165, 1.54) is 18.5 Å². The summed E-state index contributed by atoms with van der Waals surface area (Å²) in [6, 6.07) is 12.8. The molecule has 0 spiro atoms. The average Bonchev–Trinajstić information content (AvgIpc) is 3.04. The fourth-order valence-electron chi connectivity index (χ4n) is 5.14. The molecule has 2 aliphatic carbocycles. The second-order valence-corrected chi connectivity index (χ2v) is 8.99.